The number of hydrogen-bond acceptors (Lipinski definition) is 3. The summed E-state index contributed by atoms with van der Waals surface area (Å²) in [4.78, 5) is 10.3. The Hall–Kier alpha value is -7.88. The number of ether oxygens (including phenoxy) is 1. The van der Waals surface area contributed by atoms with Gasteiger partial charge in [-0.05, 0) is 91.7 Å². The number of benzene rings is 9. The van der Waals surface area contributed by atoms with Crippen molar-refractivity contribution in [1.82, 2.24) is 9.97 Å². The van der Waals surface area contributed by atoms with Gasteiger partial charge in [0.1, 0.15) is 11.5 Å². The van der Waals surface area contributed by atoms with Crippen molar-refractivity contribution in [2.45, 2.75) is 5.41 Å². The maximum atomic E-state index is 6.90. The Kier molecular flexibility index (Phi) is 7.76. The minimum Gasteiger partial charge on any atom is -0.457 e. The topological polar surface area (TPSA) is 35.0 Å². The molecule has 0 N–H and O–H groups in total. The third kappa shape index (κ3) is 5.23. The highest BCUT2D eigenvalue weighted by molar-refractivity contribution is 6.07. The van der Waals surface area contributed by atoms with Gasteiger partial charge in [-0.3, -0.25) is 0 Å². The van der Waals surface area contributed by atoms with Crippen LogP contribution in [-0.2, 0) is 5.41 Å². The number of fused-ring (bicyclic) bond motifs is 11. The molecule has 2 heterocycles. The average molecular weight is 765 g/mol. The van der Waals surface area contributed by atoms with E-state index < -0.39 is 5.41 Å². The SMILES string of the molecule is c1ccc(-c2cc(-c3ccccc3)nc(-c3cccc(-c4ccc5c(c4)C4(c6ccccc6O5)c5ccccc5-c5c(-c6ccccc6)cc6ccccc6c54)c3)n2)cc1. The molecule has 1 aliphatic heterocycles. The number of hydrogen-bond donors (Lipinski definition) is 0. The molecular formula is C57H36N2O. The van der Waals surface area contributed by atoms with Gasteiger partial charge in [-0.15, -0.1) is 0 Å². The molecule has 10 aromatic rings. The zero-order valence-corrected chi connectivity index (χ0v) is 32.6. The first-order chi connectivity index (χ1) is 29.7. The molecule has 0 amide bonds. The van der Waals surface area contributed by atoms with E-state index in [0.29, 0.717) is 5.82 Å². The maximum absolute atomic E-state index is 6.90. The quantitative estimate of drug-likeness (QED) is 0.175. The maximum Gasteiger partial charge on any atom is 0.160 e. The lowest BCUT2D eigenvalue weighted by molar-refractivity contribution is 0.437. The summed E-state index contributed by atoms with van der Waals surface area (Å²) in [5.74, 6) is 2.42. The molecule has 0 saturated heterocycles. The van der Waals surface area contributed by atoms with Crippen molar-refractivity contribution in [2.75, 3.05) is 0 Å². The highest BCUT2D eigenvalue weighted by Crippen LogP contribution is 2.65. The Morgan fingerprint density at radius 1 is 0.350 bits per heavy atom. The van der Waals surface area contributed by atoms with E-state index in [1.54, 1.807) is 0 Å². The lowest BCUT2D eigenvalue weighted by Gasteiger charge is -2.40. The highest BCUT2D eigenvalue weighted by atomic mass is 16.5. The first-order valence-corrected chi connectivity index (χ1v) is 20.5. The summed E-state index contributed by atoms with van der Waals surface area (Å²) in [5, 5.41) is 2.45. The van der Waals surface area contributed by atoms with Crippen molar-refractivity contribution < 1.29 is 4.74 Å². The molecule has 3 nitrogen and oxygen atoms in total. The predicted molar refractivity (Wildman–Crippen MR) is 244 cm³/mol. The van der Waals surface area contributed by atoms with Gasteiger partial charge in [0.05, 0.1) is 16.8 Å². The second-order valence-corrected chi connectivity index (χ2v) is 15.6. The van der Waals surface area contributed by atoms with Gasteiger partial charge in [-0.2, -0.15) is 0 Å². The molecule has 0 fully saturated rings. The third-order valence-corrected chi connectivity index (χ3v) is 12.3. The van der Waals surface area contributed by atoms with Crippen molar-refractivity contribution in [1.29, 1.82) is 0 Å². The summed E-state index contributed by atoms with van der Waals surface area (Å²) >= 11 is 0. The number of nitrogens with zero attached hydrogens (tertiary/aromatic N) is 2. The van der Waals surface area contributed by atoms with E-state index >= 15 is 0 Å². The predicted octanol–water partition coefficient (Wildman–Crippen LogP) is 14.4. The standard InChI is InChI=1S/C57H36N2O/c1-4-17-37(18-5-1)46-34-42-23-10-11-26-44(42)55-54(46)45-27-12-13-28-47(45)57(55)48-29-14-15-30-52(48)60-53-32-31-41(35-49(53)57)40-24-16-25-43(33-40)56-58-50(38-19-6-2-7-20-38)36-51(59-56)39-21-8-3-9-22-39/h1-36H. The van der Waals surface area contributed by atoms with Crippen LogP contribution in [0.2, 0.25) is 0 Å². The molecular weight excluding hydrogens is 729 g/mol. The van der Waals surface area contributed by atoms with Gasteiger partial charge in [0.15, 0.2) is 5.82 Å². The molecule has 1 atom stereocenters. The Bertz CT molecular complexity index is 3230. The fraction of sp³-hybridized carbons (Fsp3) is 0.0175. The van der Waals surface area contributed by atoms with Crippen LogP contribution in [0.15, 0.2) is 218 Å². The molecule has 1 unspecified atom stereocenters. The van der Waals surface area contributed by atoms with Crippen molar-refractivity contribution >= 4 is 10.8 Å². The zero-order valence-electron chi connectivity index (χ0n) is 32.6. The summed E-state index contributed by atoms with van der Waals surface area (Å²) < 4.78 is 6.90. The molecule has 3 heteroatoms. The molecule has 0 saturated carbocycles. The Labute approximate surface area is 348 Å². The van der Waals surface area contributed by atoms with E-state index in [4.69, 9.17) is 14.7 Å². The van der Waals surface area contributed by atoms with Crippen LogP contribution in [0.5, 0.6) is 11.5 Å². The van der Waals surface area contributed by atoms with E-state index in [2.05, 4.69) is 206 Å². The fourth-order valence-corrected chi connectivity index (χ4v) is 9.73. The largest absolute Gasteiger partial charge is 0.457 e. The molecule has 0 bridgehead atoms. The lowest BCUT2D eigenvalue weighted by atomic mass is 9.64. The summed E-state index contributed by atoms with van der Waals surface area (Å²) in [5.41, 5.74) is 16.1. The van der Waals surface area contributed by atoms with E-state index in [9.17, 15) is 0 Å². The van der Waals surface area contributed by atoms with Crippen LogP contribution in [0.1, 0.15) is 22.3 Å². The zero-order chi connectivity index (χ0) is 39.6. The molecule has 1 spiro atoms. The molecule has 9 aromatic carbocycles. The van der Waals surface area contributed by atoms with Crippen molar-refractivity contribution in [3.63, 3.8) is 0 Å². The van der Waals surface area contributed by atoms with Gasteiger partial charge >= 0.3 is 0 Å². The monoisotopic (exact) mass is 764 g/mol. The van der Waals surface area contributed by atoms with Gasteiger partial charge in [-0.25, -0.2) is 9.97 Å². The summed E-state index contributed by atoms with van der Waals surface area (Å²) in [6.45, 7) is 0. The number of rotatable bonds is 5. The highest BCUT2D eigenvalue weighted by Gasteiger charge is 2.52. The van der Waals surface area contributed by atoms with Crippen LogP contribution >= 0.6 is 0 Å². The molecule has 0 radical (unpaired) electrons. The van der Waals surface area contributed by atoms with Crippen LogP contribution in [-0.4, -0.2) is 9.97 Å². The molecule has 280 valence electrons. The second-order valence-electron chi connectivity index (χ2n) is 15.6. The number of para-hydroxylation sites is 1. The summed E-state index contributed by atoms with van der Waals surface area (Å²) in [7, 11) is 0. The first-order valence-electron chi connectivity index (χ1n) is 20.5. The van der Waals surface area contributed by atoms with Gasteiger partial charge in [0.25, 0.3) is 0 Å². The minimum absolute atomic E-state index is 0.661. The van der Waals surface area contributed by atoms with E-state index in [-0.39, 0.29) is 0 Å². The number of aromatic nitrogens is 2. The molecule has 12 rings (SSSR count). The first kappa shape index (κ1) is 34.2. The molecule has 1 aromatic heterocycles. The lowest BCUT2D eigenvalue weighted by Crippen LogP contribution is -2.32. The normalized spacial score (nSPS) is 14.5. The van der Waals surface area contributed by atoms with Crippen molar-refractivity contribution in [3.05, 3.63) is 241 Å². The fourth-order valence-electron chi connectivity index (χ4n) is 9.73. The molecule has 2 aliphatic rings. The molecule has 60 heavy (non-hydrogen) atoms. The van der Waals surface area contributed by atoms with Gasteiger partial charge in [0, 0.05) is 27.8 Å². The Balaban J connectivity index is 1.10. The smallest absolute Gasteiger partial charge is 0.160 e. The van der Waals surface area contributed by atoms with Crippen LogP contribution < -0.4 is 4.74 Å². The third-order valence-electron chi connectivity index (χ3n) is 12.3. The van der Waals surface area contributed by atoms with Crippen molar-refractivity contribution in [2.24, 2.45) is 0 Å². The molecule has 1 aliphatic carbocycles. The van der Waals surface area contributed by atoms with E-state index in [1.165, 1.54) is 44.2 Å². The summed E-state index contributed by atoms with van der Waals surface area (Å²) in [6.07, 6.45) is 0. The minimum atomic E-state index is -0.661. The Morgan fingerprint density at radius 2 is 0.917 bits per heavy atom. The van der Waals surface area contributed by atoms with Crippen molar-refractivity contribution in [3.8, 4) is 78.8 Å². The second kappa shape index (κ2) is 13.6. The summed E-state index contributed by atoms with van der Waals surface area (Å²) in [6, 6.07) is 77.9. The van der Waals surface area contributed by atoms with Gasteiger partial charge in [-0.1, -0.05) is 182 Å². The van der Waals surface area contributed by atoms with Gasteiger partial charge < -0.3 is 4.74 Å². The van der Waals surface area contributed by atoms with E-state index in [1.807, 2.05) is 12.1 Å². The average Bonchev–Trinajstić information content (AvgIpc) is 3.63. The van der Waals surface area contributed by atoms with Gasteiger partial charge in [0.2, 0.25) is 0 Å². The Morgan fingerprint density at radius 3 is 1.67 bits per heavy atom. The van der Waals surface area contributed by atoms with Crippen LogP contribution in [0, 0.1) is 0 Å². The van der Waals surface area contributed by atoms with Crippen LogP contribution in [0.3, 0.4) is 0 Å². The van der Waals surface area contributed by atoms with E-state index in [0.717, 1.165) is 61.8 Å². The van der Waals surface area contributed by atoms with Crippen LogP contribution in [0.4, 0.5) is 0 Å². The van der Waals surface area contributed by atoms with Crippen LogP contribution in [0.25, 0.3) is 78.1 Å².